The summed E-state index contributed by atoms with van der Waals surface area (Å²) in [5, 5.41) is 40.7. The molecule has 2 fully saturated rings. The highest BCUT2D eigenvalue weighted by molar-refractivity contribution is 6.41. The van der Waals surface area contributed by atoms with Crippen LogP contribution < -0.4 is 15.8 Å². The van der Waals surface area contributed by atoms with E-state index in [0.717, 1.165) is 6.42 Å². The summed E-state index contributed by atoms with van der Waals surface area (Å²) in [6.07, 6.45) is 0.620. The first-order valence-electron chi connectivity index (χ1n) is 9.15. The lowest BCUT2D eigenvalue weighted by Crippen LogP contribution is -2.62. The van der Waals surface area contributed by atoms with Crippen LogP contribution in [0.1, 0.15) is 22.3 Å². The standard InChI is InChI=1S/C17H24BN3O7/c19-16(23)14-11(4-6-20-14)21-7-10(8-21)28-12-2-1-9(3-5-18(26)27)15(22)13(12)17(24)25/h1-2,10-11,14,20,22,26-27H,3-8H2,(H2,19,23)(H,24,25)/t11-,14+/m1/s1. The fourth-order valence-electron chi connectivity index (χ4n) is 3.77. The van der Waals surface area contributed by atoms with Gasteiger partial charge in [-0.1, -0.05) is 6.07 Å². The van der Waals surface area contributed by atoms with Gasteiger partial charge in [0.05, 0.1) is 0 Å². The van der Waals surface area contributed by atoms with Gasteiger partial charge in [0.25, 0.3) is 0 Å². The number of benzene rings is 1. The van der Waals surface area contributed by atoms with E-state index < -0.39 is 30.8 Å². The maximum atomic E-state index is 11.6. The molecular formula is C17H24BN3O7. The van der Waals surface area contributed by atoms with Crippen molar-refractivity contribution in [3.8, 4) is 11.5 Å². The van der Waals surface area contributed by atoms with E-state index in [-0.39, 0.29) is 36.2 Å². The van der Waals surface area contributed by atoms with Crippen molar-refractivity contribution in [3.05, 3.63) is 23.3 Å². The number of aromatic carboxylic acids is 1. The van der Waals surface area contributed by atoms with Crippen LogP contribution in [0, 0.1) is 0 Å². The van der Waals surface area contributed by atoms with Crippen LogP contribution in [0.15, 0.2) is 12.1 Å². The molecule has 0 saturated carbocycles. The second-order valence-corrected chi connectivity index (χ2v) is 7.15. The normalized spacial score (nSPS) is 22.6. The van der Waals surface area contributed by atoms with E-state index in [9.17, 15) is 19.8 Å². The van der Waals surface area contributed by atoms with Crippen LogP contribution in [0.25, 0.3) is 0 Å². The molecule has 152 valence electrons. The molecule has 0 aliphatic carbocycles. The minimum atomic E-state index is -1.54. The number of rotatable bonds is 8. The summed E-state index contributed by atoms with van der Waals surface area (Å²) >= 11 is 0. The molecule has 1 amide bonds. The highest BCUT2D eigenvalue weighted by atomic mass is 16.5. The van der Waals surface area contributed by atoms with Gasteiger partial charge < -0.3 is 36.0 Å². The maximum Gasteiger partial charge on any atom is 0.451 e. The number of carboxylic acid groups (broad SMARTS) is 1. The van der Waals surface area contributed by atoms with E-state index in [0.29, 0.717) is 25.2 Å². The smallest absolute Gasteiger partial charge is 0.451 e. The second kappa shape index (κ2) is 8.35. The Kier molecular flexibility index (Phi) is 6.09. The summed E-state index contributed by atoms with van der Waals surface area (Å²) in [5.74, 6) is -2.10. The number of carbonyl (C=O) groups excluding carboxylic acids is 1. The van der Waals surface area contributed by atoms with Crippen LogP contribution in [-0.4, -0.2) is 82.0 Å². The van der Waals surface area contributed by atoms with Gasteiger partial charge in [0.1, 0.15) is 29.2 Å². The molecule has 0 spiro atoms. The third-order valence-electron chi connectivity index (χ3n) is 5.24. The number of aromatic hydroxyl groups is 1. The van der Waals surface area contributed by atoms with Gasteiger partial charge in [0.2, 0.25) is 5.91 Å². The Morgan fingerprint density at radius 2 is 2.04 bits per heavy atom. The van der Waals surface area contributed by atoms with E-state index in [1.54, 1.807) is 0 Å². The third-order valence-corrected chi connectivity index (χ3v) is 5.24. The number of nitrogens with zero attached hydrogens (tertiary/aromatic N) is 1. The van der Waals surface area contributed by atoms with Crippen molar-refractivity contribution in [3.63, 3.8) is 0 Å². The minimum absolute atomic E-state index is 0.00279. The van der Waals surface area contributed by atoms with Crippen molar-refractivity contribution in [2.45, 2.75) is 37.3 Å². The highest BCUT2D eigenvalue weighted by Crippen LogP contribution is 2.34. The molecule has 1 aromatic carbocycles. The molecule has 2 aliphatic rings. The van der Waals surface area contributed by atoms with Gasteiger partial charge in [-0.25, -0.2) is 4.79 Å². The number of likely N-dealkylation sites (tertiary alicyclic amines) is 1. The van der Waals surface area contributed by atoms with Crippen molar-refractivity contribution >= 4 is 19.0 Å². The molecule has 0 aromatic heterocycles. The van der Waals surface area contributed by atoms with Crippen molar-refractivity contribution in [1.29, 1.82) is 0 Å². The molecule has 0 bridgehead atoms. The number of ether oxygens (including phenoxy) is 1. The van der Waals surface area contributed by atoms with Crippen LogP contribution in [0.5, 0.6) is 11.5 Å². The van der Waals surface area contributed by atoms with Crippen LogP contribution in [-0.2, 0) is 11.2 Å². The number of phenols is 1. The molecule has 28 heavy (non-hydrogen) atoms. The molecule has 2 atom stereocenters. The highest BCUT2D eigenvalue weighted by Gasteiger charge is 2.42. The van der Waals surface area contributed by atoms with E-state index in [1.165, 1.54) is 12.1 Å². The quantitative estimate of drug-likeness (QED) is 0.285. The summed E-state index contributed by atoms with van der Waals surface area (Å²) in [5.41, 5.74) is 5.36. The van der Waals surface area contributed by atoms with E-state index >= 15 is 0 Å². The Hall–Kier alpha value is -2.34. The van der Waals surface area contributed by atoms with E-state index in [1.807, 2.05) is 0 Å². The number of amides is 1. The average molecular weight is 393 g/mol. The Morgan fingerprint density at radius 1 is 1.32 bits per heavy atom. The summed E-state index contributed by atoms with van der Waals surface area (Å²) in [6, 6.07) is 2.58. The van der Waals surface area contributed by atoms with Crippen LogP contribution >= 0.6 is 0 Å². The predicted octanol–water partition coefficient (Wildman–Crippen LogP) is -1.62. The van der Waals surface area contributed by atoms with Crippen molar-refractivity contribution in [2.24, 2.45) is 5.73 Å². The minimum Gasteiger partial charge on any atom is -0.507 e. The van der Waals surface area contributed by atoms with Gasteiger partial charge in [-0.15, -0.1) is 0 Å². The molecule has 2 saturated heterocycles. The number of nitrogens with two attached hydrogens (primary N) is 1. The number of hydrogen-bond acceptors (Lipinski definition) is 8. The third kappa shape index (κ3) is 4.22. The van der Waals surface area contributed by atoms with Crippen LogP contribution in [0.3, 0.4) is 0 Å². The SMILES string of the molecule is NC(=O)[C@H]1NCC[C@H]1N1CC(Oc2ccc(CCB(O)O)c(O)c2C(=O)O)C1. The van der Waals surface area contributed by atoms with Crippen molar-refractivity contribution in [1.82, 2.24) is 10.2 Å². The van der Waals surface area contributed by atoms with Gasteiger partial charge in [0, 0.05) is 19.1 Å². The number of carbonyl (C=O) groups is 2. The summed E-state index contributed by atoms with van der Waals surface area (Å²) in [7, 11) is -1.54. The Morgan fingerprint density at radius 3 is 2.64 bits per heavy atom. The van der Waals surface area contributed by atoms with Gasteiger partial charge in [-0.05, 0) is 37.3 Å². The molecule has 10 nitrogen and oxygen atoms in total. The summed E-state index contributed by atoms with van der Waals surface area (Å²) < 4.78 is 5.77. The lowest BCUT2D eigenvalue weighted by atomic mass is 9.82. The Balaban J connectivity index is 1.66. The lowest BCUT2D eigenvalue weighted by Gasteiger charge is -2.44. The second-order valence-electron chi connectivity index (χ2n) is 7.15. The Bertz CT molecular complexity index is 755. The molecule has 1 aromatic rings. The zero-order valence-electron chi connectivity index (χ0n) is 15.2. The van der Waals surface area contributed by atoms with E-state index in [4.69, 9.17) is 20.5 Å². The molecular weight excluding hydrogens is 369 g/mol. The molecule has 0 unspecified atom stereocenters. The molecule has 11 heteroatoms. The number of carboxylic acids is 1. The number of hydrogen-bond donors (Lipinski definition) is 6. The molecule has 7 N–H and O–H groups in total. The first-order valence-corrected chi connectivity index (χ1v) is 9.15. The summed E-state index contributed by atoms with van der Waals surface area (Å²) in [4.78, 5) is 25.2. The van der Waals surface area contributed by atoms with Crippen molar-refractivity contribution < 1.29 is 34.6 Å². The topological polar surface area (TPSA) is 166 Å². The molecule has 2 heterocycles. The zero-order chi connectivity index (χ0) is 20.4. The van der Waals surface area contributed by atoms with Crippen LogP contribution in [0.2, 0.25) is 6.32 Å². The van der Waals surface area contributed by atoms with Gasteiger partial charge in [-0.3, -0.25) is 9.69 Å². The summed E-state index contributed by atoms with van der Waals surface area (Å²) in [6.45, 7) is 1.75. The number of nitrogens with one attached hydrogen (secondary N) is 1. The number of aryl methyl sites for hydroxylation is 1. The predicted molar refractivity (Wildman–Crippen MR) is 99.1 cm³/mol. The Labute approximate surface area is 162 Å². The lowest BCUT2D eigenvalue weighted by molar-refractivity contribution is -0.122. The largest absolute Gasteiger partial charge is 0.507 e. The molecule has 3 rings (SSSR count). The first kappa shape index (κ1) is 20.4. The van der Waals surface area contributed by atoms with E-state index in [2.05, 4.69) is 10.2 Å². The number of primary amides is 1. The molecule has 0 radical (unpaired) electrons. The first-order chi connectivity index (χ1) is 13.3. The fraction of sp³-hybridized carbons (Fsp3) is 0.529. The fourth-order valence-corrected chi connectivity index (χ4v) is 3.77. The van der Waals surface area contributed by atoms with Crippen molar-refractivity contribution in [2.75, 3.05) is 19.6 Å². The monoisotopic (exact) mass is 393 g/mol. The zero-order valence-corrected chi connectivity index (χ0v) is 15.2. The molecule has 2 aliphatic heterocycles. The van der Waals surface area contributed by atoms with Gasteiger partial charge in [0.15, 0.2) is 0 Å². The van der Waals surface area contributed by atoms with Gasteiger partial charge in [-0.2, -0.15) is 0 Å². The van der Waals surface area contributed by atoms with Crippen LogP contribution in [0.4, 0.5) is 0 Å². The average Bonchev–Trinajstić information content (AvgIpc) is 3.05. The maximum absolute atomic E-state index is 11.6. The van der Waals surface area contributed by atoms with Gasteiger partial charge >= 0.3 is 13.1 Å².